The maximum Gasteiger partial charge on any atom is 1.00 e. The van der Waals surface area contributed by atoms with Crippen LogP contribution in [0.15, 0.2) is 24.3 Å². The minimum absolute atomic E-state index is 0. The van der Waals surface area contributed by atoms with Gasteiger partial charge in [-0.2, -0.15) is 20.6 Å². The predicted molar refractivity (Wildman–Crippen MR) is 57.4 cm³/mol. The molecule has 1 aromatic carbocycles. The Hall–Kier alpha value is -0.380. The van der Waals surface area contributed by atoms with Gasteiger partial charge in [0.25, 0.3) is 10.1 Å². The fraction of sp³-hybridized carbons (Fsp3) is 0.200. The van der Waals surface area contributed by atoms with Crippen molar-refractivity contribution in [2.45, 2.75) is 12.7 Å². The van der Waals surface area contributed by atoms with Gasteiger partial charge in [-0.05, 0) is 17.7 Å². The van der Waals surface area contributed by atoms with E-state index >= 15 is 0 Å². The summed E-state index contributed by atoms with van der Waals surface area (Å²) in [4.78, 5) is 0. The van der Waals surface area contributed by atoms with E-state index in [2.05, 4.69) is 6.92 Å². The van der Waals surface area contributed by atoms with E-state index in [0.29, 0.717) is 11.1 Å². The summed E-state index contributed by atoms with van der Waals surface area (Å²) >= 11 is 0. The zero-order valence-corrected chi connectivity index (χ0v) is 12.2. The Morgan fingerprint density at radius 3 is 2.44 bits per heavy atom. The molecule has 4 nitrogen and oxygen atoms in total. The quantitative estimate of drug-likeness (QED) is 0.405. The molecular formula is C10H12NNaO3S. The van der Waals surface area contributed by atoms with Crippen LogP contribution >= 0.6 is 0 Å². The fourth-order valence-corrected chi connectivity index (χ4v) is 1.54. The summed E-state index contributed by atoms with van der Waals surface area (Å²) in [6, 6.07) is 7.97. The Balaban J connectivity index is 0. The van der Waals surface area contributed by atoms with Gasteiger partial charge in [0.1, 0.15) is 5.75 Å². The molecule has 1 N–H and O–H groups in total. The van der Waals surface area contributed by atoms with Gasteiger partial charge in [0, 0.05) is 0 Å². The van der Waals surface area contributed by atoms with Crippen LogP contribution in [0.25, 0.3) is 0 Å². The number of nitriles is 1. The van der Waals surface area contributed by atoms with E-state index in [4.69, 9.17) is 9.81 Å². The number of hydrogen-bond donors (Lipinski definition) is 1. The van der Waals surface area contributed by atoms with Gasteiger partial charge in [-0.3, -0.25) is 4.55 Å². The van der Waals surface area contributed by atoms with Crippen molar-refractivity contribution in [2.75, 3.05) is 0 Å². The largest absolute Gasteiger partial charge is 1.00 e. The third-order valence-corrected chi connectivity index (χ3v) is 2.10. The van der Waals surface area contributed by atoms with Crippen molar-refractivity contribution >= 4 is 10.1 Å². The molecule has 1 aromatic rings. The molecule has 0 saturated heterocycles. The molecule has 0 aliphatic heterocycles. The van der Waals surface area contributed by atoms with E-state index in [-0.39, 0.29) is 29.6 Å². The minimum atomic E-state index is -4.01. The van der Waals surface area contributed by atoms with Crippen LogP contribution in [0, 0.1) is 18.3 Å². The van der Waals surface area contributed by atoms with Crippen LogP contribution in [-0.4, -0.2) is 13.0 Å². The van der Waals surface area contributed by atoms with Crippen molar-refractivity contribution in [1.29, 1.82) is 5.26 Å². The van der Waals surface area contributed by atoms with Crippen LogP contribution in [0.1, 0.15) is 18.1 Å². The van der Waals surface area contributed by atoms with Gasteiger partial charge in [-0.15, -0.1) is 0 Å². The zero-order valence-electron chi connectivity index (χ0n) is 9.34. The van der Waals surface area contributed by atoms with Crippen molar-refractivity contribution < 1.29 is 42.5 Å². The number of nitrogens with zero attached hydrogens (tertiary/aromatic N) is 1. The molecule has 0 heterocycles. The smallest absolute Gasteiger partial charge is 0.346 e. The first kappa shape index (κ1) is 18.0. The monoisotopic (exact) mass is 249 g/mol. The Labute approximate surface area is 118 Å². The molecule has 16 heavy (non-hydrogen) atoms. The summed E-state index contributed by atoms with van der Waals surface area (Å²) in [5.74, 6) is -0.456. The number of rotatable bonds is 2. The molecular weight excluding hydrogens is 237 g/mol. The maximum absolute atomic E-state index is 10.5. The van der Waals surface area contributed by atoms with Crippen LogP contribution in [0.5, 0.6) is 0 Å². The molecule has 0 fully saturated rings. The van der Waals surface area contributed by atoms with Crippen LogP contribution in [0.4, 0.5) is 0 Å². The van der Waals surface area contributed by atoms with Crippen molar-refractivity contribution in [3.8, 4) is 6.07 Å². The molecule has 0 saturated carbocycles. The second-order valence-corrected chi connectivity index (χ2v) is 3.99. The van der Waals surface area contributed by atoms with Crippen LogP contribution in [-0.2, 0) is 15.9 Å². The third kappa shape index (κ3) is 7.85. The van der Waals surface area contributed by atoms with Crippen LogP contribution in [0.3, 0.4) is 0 Å². The molecule has 0 amide bonds. The summed E-state index contributed by atoms with van der Waals surface area (Å²) in [7, 11) is -4.01. The molecule has 0 atom stereocenters. The molecule has 0 aliphatic carbocycles. The maximum atomic E-state index is 10.5. The normalized spacial score (nSPS) is 9.12. The van der Waals surface area contributed by atoms with Crippen molar-refractivity contribution in [1.82, 2.24) is 0 Å². The van der Waals surface area contributed by atoms with Crippen molar-refractivity contribution in [3.05, 3.63) is 42.3 Å². The summed E-state index contributed by atoms with van der Waals surface area (Å²) in [5.41, 5.74) is 0.780. The molecule has 0 bridgehead atoms. The zero-order chi connectivity index (χ0) is 11.9. The van der Waals surface area contributed by atoms with Crippen molar-refractivity contribution in [3.63, 3.8) is 0 Å². The van der Waals surface area contributed by atoms with E-state index in [1.54, 1.807) is 19.1 Å². The van der Waals surface area contributed by atoms with Gasteiger partial charge in [0.15, 0.2) is 0 Å². The first-order chi connectivity index (χ1) is 7.01. The fourth-order valence-electron chi connectivity index (χ4n) is 0.941. The van der Waals surface area contributed by atoms with Gasteiger partial charge in [-0.25, -0.2) is 0 Å². The molecule has 1 rings (SSSR count). The average molecular weight is 249 g/mol. The first-order valence-electron chi connectivity index (χ1n) is 4.16. The Morgan fingerprint density at radius 2 is 2.00 bits per heavy atom. The molecule has 0 aromatic heterocycles. The second-order valence-electron chi connectivity index (χ2n) is 2.54. The summed E-state index contributed by atoms with van der Waals surface area (Å²) in [5, 5.41) is 8.50. The van der Waals surface area contributed by atoms with E-state index in [1.807, 2.05) is 6.07 Å². The van der Waals surface area contributed by atoms with Gasteiger partial charge < -0.3 is 6.92 Å². The van der Waals surface area contributed by atoms with E-state index in [9.17, 15) is 8.42 Å². The van der Waals surface area contributed by atoms with E-state index < -0.39 is 15.9 Å². The molecule has 82 valence electrons. The van der Waals surface area contributed by atoms with E-state index in [0.717, 1.165) is 0 Å². The summed E-state index contributed by atoms with van der Waals surface area (Å²) in [6.07, 6.45) is 0. The third-order valence-electron chi connectivity index (χ3n) is 1.41. The Kier molecular flexibility index (Phi) is 9.83. The Bertz CT molecular complexity index is 451. The van der Waals surface area contributed by atoms with Crippen LogP contribution in [0.2, 0.25) is 0 Å². The first-order valence-corrected chi connectivity index (χ1v) is 5.77. The average Bonchev–Trinajstić information content (AvgIpc) is 2.19. The van der Waals surface area contributed by atoms with E-state index in [1.165, 1.54) is 12.1 Å². The van der Waals surface area contributed by atoms with Crippen molar-refractivity contribution in [2.24, 2.45) is 0 Å². The number of benzene rings is 1. The standard InChI is InChI=1S/C8H7NO3S.C2H5.Na/c9-5-7-2-1-3-8(4-7)6-13(10,11)12;1-2;/h1-4H,6H2,(H,10,11,12);1H2,2H3;/q;-1;+1. The Morgan fingerprint density at radius 1 is 1.44 bits per heavy atom. The molecule has 0 unspecified atom stereocenters. The molecule has 0 radical (unpaired) electrons. The van der Waals surface area contributed by atoms with Gasteiger partial charge in [-0.1, -0.05) is 12.1 Å². The van der Waals surface area contributed by atoms with Crippen LogP contribution < -0.4 is 29.6 Å². The molecule has 6 heteroatoms. The summed E-state index contributed by atoms with van der Waals surface area (Å²) < 4.78 is 29.5. The number of hydrogen-bond acceptors (Lipinski definition) is 3. The van der Waals surface area contributed by atoms with Gasteiger partial charge in [0.05, 0.1) is 11.6 Å². The topological polar surface area (TPSA) is 78.2 Å². The summed E-state index contributed by atoms with van der Waals surface area (Å²) in [6.45, 7) is 5.00. The SMILES string of the molecule is N#Cc1cccc(CS(=O)(=O)O)c1.[CH2-]C.[Na+]. The second kappa shape index (κ2) is 8.74. The molecule has 0 aliphatic rings. The minimum Gasteiger partial charge on any atom is -0.346 e. The van der Waals surface area contributed by atoms with Gasteiger partial charge >= 0.3 is 29.6 Å². The van der Waals surface area contributed by atoms with Gasteiger partial charge in [0.2, 0.25) is 0 Å². The predicted octanol–water partition coefficient (Wildman–Crippen LogP) is -1.21. The molecule has 0 spiro atoms.